The Morgan fingerprint density at radius 2 is 1.76 bits per heavy atom. The molecule has 0 saturated heterocycles. The van der Waals surface area contributed by atoms with Crippen LogP contribution in [0.25, 0.3) is 10.9 Å². The molecular weight excluding hydrogens is 331 g/mol. The lowest BCUT2D eigenvalue weighted by atomic mass is 9.96. The highest BCUT2D eigenvalue weighted by Crippen LogP contribution is 2.36. The molecule has 0 atom stereocenters. The highest BCUT2D eigenvalue weighted by atomic mass is 19.2. The molecule has 1 N–H and O–H groups in total. The molecule has 1 heterocycles. The third kappa shape index (κ3) is 3.17. The lowest BCUT2D eigenvalue weighted by Crippen LogP contribution is -2.18. The van der Waals surface area contributed by atoms with Crippen molar-refractivity contribution < 1.29 is 24.4 Å². The van der Waals surface area contributed by atoms with Crippen molar-refractivity contribution in [2.24, 2.45) is 0 Å². The predicted molar refractivity (Wildman–Crippen MR) is 90.2 cm³/mol. The molecule has 3 aromatic rings. The molecule has 0 saturated carbocycles. The second kappa shape index (κ2) is 6.04. The minimum atomic E-state index is -1.46. The van der Waals surface area contributed by atoms with Gasteiger partial charge in [0, 0.05) is 6.81 Å². The SMILES string of the molecule is Cc1nc2c(F)c(F)ccc2cc1Oc1cccc(F)c1C(C)(C)O.[HH]. The van der Waals surface area contributed by atoms with Crippen LogP contribution in [0.5, 0.6) is 11.5 Å². The molecule has 0 fully saturated rings. The maximum absolute atomic E-state index is 14.2. The first-order valence-corrected chi connectivity index (χ1v) is 7.63. The van der Waals surface area contributed by atoms with E-state index in [1.54, 1.807) is 6.92 Å². The Morgan fingerprint density at radius 3 is 2.44 bits per heavy atom. The fourth-order valence-electron chi connectivity index (χ4n) is 2.66. The largest absolute Gasteiger partial charge is 0.455 e. The van der Waals surface area contributed by atoms with Gasteiger partial charge in [0.1, 0.15) is 22.8 Å². The van der Waals surface area contributed by atoms with Crippen LogP contribution in [0.15, 0.2) is 36.4 Å². The molecule has 3 nitrogen and oxygen atoms in total. The Bertz CT molecular complexity index is 971. The fraction of sp³-hybridized carbons (Fsp3) is 0.211. The number of rotatable bonds is 3. The summed E-state index contributed by atoms with van der Waals surface area (Å²) in [5.74, 6) is -2.24. The summed E-state index contributed by atoms with van der Waals surface area (Å²) in [4.78, 5) is 4.05. The van der Waals surface area contributed by atoms with Crippen molar-refractivity contribution in [2.45, 2.75) is 26.4 Å². The van der Waals surface area contributed by atoms with Gasteiger partial charge >= 0.3 is 0 Å². The van der Waals surface area contributed by atoms with E-state index in [9.17, 15) is 18.3 Å². The van der Waals surface area contributed by atoms with E-state index in [-0.39, 0.29) is 24.0 Å². The van der Waals surface area contributed by atoms with Gasteiger partial charge in [0.05, 0.1) is 16.9 Å². The van der Waals surface area contributed by atoms with Gasteiger partial charge in [-0.2, -0.15) is 0 Å². The van der Waals surface area contributed by atoms with E-state index < -0.39 is 23.1 Å². The summed E-state index contributed by atoms with van der Waals surface area (Å²) in [5, 5.41) is 10.6. The van der Waals surface area contributed by atoms with E-state index in [1.165, 1.54) is 44.2 Å². The first-order valence-electron chi connectivity index (χ1n) is 7.63. The molecule has 6 heteroatoms. The number of benzene rings is 2. The van der Waals surface area contributed by atoms with Crippen LogP contribution in [-0.2, 0) is 5.60 Å². The molecule has 3 rings (SSSR count). The van der Waals surface area contributed by atoms with Crippen molar-refractivity contribution in [1.82, 2.24) is 4.98 Å². The molecule has 1 aromatic heterocycles. The molecule has 25 heavy (non-hydrogen) atoms. The van der Waals surface area contributed by atoms with E-state index in [0.29, 0.717) is 11.1 Å². The molecule has 0 unspecified atom stereocenters. The van der Waals surface area contributed by atoms with Gasteiger partial charge in [-0.1, -0.05) is 6.07 Å². The lowest BCUT2D eigenvalue weighted by Gasteiger charge is -2.22. The zero-order valence-electron chi connectivity index (χ0n) is 13.9. The summed E-state index contributed by atoms with van der Waals surface area (Å²) in [7, 11) is 0. The summed E-state index contributed by atoms with van der Waals surface area (Å²) in [6.45, 7) is 4.46. The Kier molecular flexibility index (Phi) is 4.16. The van der Waals surface area contributed by atoms with Gasteiger partial charge in [-0.15, -0.1) is 0 Å². The molecule has 0 radical (unpaired) electrons. The number of aliphatic hydroxyl groups is 1. The smallest absolute Gasteiger partial charge is 0.184 e. The van der Waals surface area contributed by atoms with Gasteiger partial charge in [-0.25, -0.2) is 18.2 Å². The van der Waals surface area contributed by atoms with Crippen LogP contribution < -0.4 is 4.74 Å². The number of nitrogens with zero attached hydrogens (tertiary/aromatic N) is 1. The molecule has 2 aromatic carbocycles. The number of pyridine rings is 1. The highest BCUT2D eigenvalue weighted by molar-refractivity contribution is 5.81. The van der Waals surface area contributed by atoms with Crippen LogP contribution in [0, 0.1) is 24.4 Å². The summed E-state index contributed by atoms with van der Waals surface area (Å²) < 4.78 is 47.1. The molecule has 0 aliphatic heterocycles. The van der Waals surface area contributed by atoms with Gasteiger partial charge in [-0.05, 0) is 51.1 Å². The number of hydrogen-bond donors (Lipinski definition) is 1. The third-order valence-corrected chi connectivity index (χ3v) is 3.83. The minimum absolute atomic E-state index is 0. The molecule has 0 aliphatic carbocycles. The highest BCUT2D eigenvalue weighted by Gasteiger charge is 2.26. The maximum atomic E-state index is 14.2. The quantitative estimate of drug-likeness (QED) is 0.704. The van der Waals surface area contributed by atoms with Gasteiger partial charge in [0.2, 0.25) is 0 Å². The van der Waals surface area contributed by atoms with Crippen molar-refractivity contribution in [3.63, 3.8) is 0 Å². The van der Waals surface area contributed by atoms with Gasteiger partial charge in [-0.3, -0.25) is 0 Å². The lowest BCUT2D eigenvalue weighted by molar-refractivity contribution is 0.0720. The standard InChI is InChI=1S/C19H16F3NO2.H2/c1-10-15(9-11-7-8-13(21)17(22)18(11)23-10)25-14-6-4-5-12(20)16(14)19(2,3)24;/h4-9,24H,1-3H3;1H. The zero-order valence-corrected chi connectivity index (χ0v) is 13.9. The molecule has 132 valence electrons. The maximum Gasteiger partial charge on any atom is 0.184 e. The van der Waals surface area contributed by atoms with Crippen LogP contribution in [0.4, 0.5) is 13.2 Å². The number of hydrogen-bond acceptors (Lipinski definition) is 3. The molecule has 0 aliphatic rings. The number of aromatic nitrogens is 1. The topological polar surface area (TPSA) is 42.4 Å². The average Bonchev–Trinajstić information content (AvgIpc) is 2.51. The van der Waals surface area contributed by atoms with Crippen molar-refractivity contribution in [1.29, 1.82) is 0 Å². The Hall–Kier alpha value is -2.60. The summed E-state index contributed by atoms with van der Waals surface area (Å²) in [6.07, 6.45) is 0. The van der Waals surface area contributed by atoms with Crippen molar-refractivity contribution in [2.75, 3.05) is 0 Å². The molecule has 0 bridgehead atoms. The van der Waals surface area contributed by atoms with E-state index in [4.69, 9.17) is 4.74 Å². The predicted octanol–water partition coefficient (Wildman–Crippen LogP) is 5.23. The fourth-order valence-corrected chi connectivity index (χ4v) is 2.66. The van der Waals surface area contributed by atoms with Gasteiger partial charge in [0.15, 0.2) is 11.6 Å². The summed E-state index contributed by atoms with van der Waals surface area (Å²) in [5.41, 5.74) is -1.26. The Balaban J connectivity index is 0.00000243. The number of aryl methyl sites for hydroxylation is 1. The van der Waals surface area contributed by atoms with E-state index >= 15 is 0 Å². The van der Waals surface area contributed by atoms with E-state index in [2.05, 4.69) is 4.98 Å². The number of fused-ring (bicyclic) bond motifs is 1. The molecule has 0 spiro atoms. The Morgan fingerprint density at radius 1 is 1.04 bits per heavy atom. The van der Waals surface area contributed by atoms with Gasteiger partial charge < -0.3 is 9.84 Å². The number of halogens is 3. The third-order valence-electron chi connectivity index (χ3n) is 3.83. The van der Waals surface area contributed by atoms with E-state index in [1.807, 2.05) is 0 Å². The first-order chi connectivity index (χ1) is 11.7. The zero-order chi connectivity index (χ0) is 18.4. The molecular formula is C19H18F3NO2. The first kappa shape index (κ1) is 17.2. The van der Waals surface area contributed by atoms with Crippen LogP contribution in [0.3, 0.4) is 0 Å². The van der Waals surface area contributed by atoms with Crippen molar-refractivity contribution in [3.05, 3.63) is 65.1 Å². The summed E-state index contributed by atoms with van der Waals surface area (Å²) >= 11 is 0. The van der Waals surface area contributed by atoms with Crippen LogP contribution in [-0.4, -0.2) is 10.1 Å². The van der Waals surface area contributed by atoms with Crippen LogP contribution in [0.1, 0.15) is 26.5 Å². The van der Waals surface area contributed by atoms with E-state index in [0.717, 1.165) is 6.07 Å². The van der Waals surface area contributed by atoms with Crippen LogP contribution in [0.2, 0.25) is 0 Å². The monoisotopic (exact) mass is 349 g/mol. The second-order valence-corrected chi connectivity index (χ2v) is 6.28. The summed E-state index contributed by atoms with van der Waals surface area (Å²) in [6, 6.07) is 8.09. The normalized spacial score (nSPS) is 11.8. The second-order valence-electron chi connectivity index (χ2n) is 6.28. The van der Waals surface area contributed by atoms with Crippen molar-refractivity contribution >= 4 is 10.9 Å². The Labute approximate surface area is 144 Å². The minimum Gasteiger partial charge on any atom is -0.455 e. The number of ether oxygens (including phenoxy) is 1. The average molecular weight is 349 g/mol. The van der Waals surface area contributed by atoms with Crippen LogP contribution >= 0.6 is 0 Å². The van der Waals surface area contributed by atoms with Crippen molar-refractivity contribution in [3.8, 4) is 11.5 Å². The van der Waals surface area contributed by atoms with Gasteiger partial charge in [0.25, 0.3) is 0 Å². The molecule has 0 amide bonds.